The average molecular weight is 390 g/mol. The summed E-state index contributed by atoms with van der Waals surface area (Å²) in [5.74, 6) is 3.31. The lowest BCUT2D eigenvalue weighted by atomic mass is 10.2. The Morgan fingerprint density at radius 3 is 2.22 bits per heavy atom. The number of rotatable bonds is 8. The summed E-state index contributed by atoms with van der Waals surface area (Å²) in [6.45, 7) is 0.978. The number of fused-ring (bicyclic) bond motifs is 1. The van der Waals surface area contributed by atoms with Crippen molar-refractivity contribution in [1.82, 2.24) is 9.97 Å². The maximum atomic E-state index is 6.05. The van der Waals surface area contributed by atoms with Gasteiger partial charge in [0.2, 0.25) is 5.28 Å². The van der Waals surface area contributed by atoms with Crippen molar-refractivity contribution >= 4 is 28.3 Å². The number of anilines is 1. The zero-order valence-corrected chi connectivity index (χ0v) is 16.0. The van der Waals surface area contributed by atoms with E-state index in [1.54, 1.807) is 27.4 Å². The van der Waals surface area contributed by atoms with Gasteiger partial charge in [-0.25, -0.2) is 9.97 Å². The van der Waals surface area contributed by atoms with Crippen LogP contribution in [-0.4, -0.2) is 44.4 Å². The highest BCUT2D eigenvalue weighted by atomic mass is 35.5. The lowest BCUT2D eigenvalue weighted by molar-refractivity contribution is 0.331. The molecule has 0 aliphatic carbocycles. The molecular formula is C19H20ClN3O4. The molecule has 8 heteroatoms. The number of hydrogen-bond acceptors (Lipinski definition) is 7. The summed E-state index contributed by atoms with van der Waals surface area (Å²) in [7, 11) is 4.78. The van der Waals surface area contributed by atoms with E-state index in [9.17, 15) is 0 Å². The molecule has 1 N–H and O–H groups in total. The molecular weight excluding hydrogens is 370 g/mol. The highest BCUT2D eigenvalue weighted by Gasteiger charge is 2.12. The van der Waals surface area contributed by atoms with Gasteiger partial charge in [0.25, 0.3) is 0 Å². The molecule has 0 bridgehead atoms. The van der Waals surface area contributed by atoms with Gasteiger partial charge in [-0.15, -0.1) is 0 Å². The fraction of sp³-hybridized carbons (Fsp3) is 0.263. The van der Waals surface area contributed by atoms with Crippen molar-refractivity contribution in [2.24, 2.45) is 0 Å². The quantitative estimate of drug-likeness (QED) is 0.464. The molecule has 0 radical (unpaired) electrons. The summed E-state index contributed by atoms with van der Waals surface area (Å²) in [4.78, 5) is 8.52. The van der Waals surface area contributed by atoms with Crippen LogP contribution in [-0.2, 0) is 0 Å². The number of hydrogen-bond donors (Lipinski definition) is 1. The zero-order chi connectivity index (χ0) is 19.2. The third-order valence-electron chi connectivity index (χ3n) is 3.90. The smallest absolute Gasteiger partial charge is 0.224 e. The standard InChI is InChI=1S/C19H20ClN3O4/c1-24-12-4-6-13(7-5-12)27-9-8-21-18-14-10-16(25-2)17(26-3)11-15(14)22-19(20)23-18/h4-7,10-11H,8-9H2,1-3H3,(H,21,22,23). The van der Waals surface area contributed by atoms with Crippen LogP contribution in [0.3, 0.4) is 0 Å². The fourth-order valence-corrected chi connectivity index (χ4v) is 2.75. The molecule has 2 aromatic carbocycles. The van der Waals surface area contributed by atoms with E-state index in [2.05, 4.69) is 15.3 Å². The number of halogens is 1. The second-order valence-corrected chi connectivity index (χ2v) is 5.85. The Bertz CT molecular complexity index is 919. The van der Waals surface area contributed by atoms with Crippen LogP contribution in [0.25, 0.3) is 10.9 Å². The predicted molar refractivity (Wildman–Crippen MR) is 105 cm³/mol. The molecule has 0 unspecified atom stereocenters. The lowest BCUT2D eigenvalue weighted by Crippen LogP contribution is -2.13. The third-order valence-corrected chi connectivity index (χ3v) is 4.07. The number of ether oxygens (including phenoxy) is 4. The van der Waals surface area contributed by atoms with Crippen LogP contribution in [0, 0.1) is 0 Å². The molecule has 7 nitrogen and oxygen atoms in total. The molecule has 3 rings (SSSR count). The first-order valence-electron chi connectivity index (χ1n) is 8.24. The van der Waals surface area contributed by atoms with Crippen molar-refractivity contribution in [1.29, 1.82) is 0 Å². The predicted octanol–water partition coefficient (Wildman–Crippen LogP) is 3.80. The van der Waals surface area contributed by atoms with Gasteiger partial charge < -0.3 is 24.3 Å². The Balaban J connectivity index is 1.71. The second-order valence-electron chi connectivity index (χ2n) is 5.52. The van der Waals surface area contributed by atoms with Crippen molar-refractivity contribution in [3.8, 4) is 23.0 Å². The molecule has 0 aliphatic heterocycles. The Morgan fingerprint density at radius 1 is 0.889 bits per heavy atom. The maximum absolute atomic E-state index is 6.05. The molecule has 3 aromatic rings. The molecule has 0 saturated heterocycles. The van der Waals surface area contributed by atoms with Gasteiger partial charge in [0.1, 0.15) is 23.9 Å². The summed E-state index contributed by atoms with van der Waals surface area (Å²) < 4.78 is 21.5. The van der Waals surface area contributed by atoms with Gasteiger partial charge in [0.05, 0.1) is 33.4 Å². The minimum atomic E-state index is 0.147. The van der Waals surface area contributed by atoms with E-state index in [0.717, 1.165) is 16.9 Å². The van der Waals surface area contributed by atoms with Crippen LogP contribution >= 0.6 is 11.6 Å². The highest BCUT2D eigenvalue weighted by Crippen LogP contribution is 2.34. The molecule has 142 valence electrons. The van der Waals surface area contributed by atoms with E-state index < -0.39 is 0 Å². The van der Waals surface area contributed by atoms with E-state index in [-0.39, 0.29) is 5.28 Å². The first-order valence-corrected chi connectivity index (χ1v) is 8.62. The summed E-state index contributed by atoms with van der Waals surface area (Å²) in [5.41, 5.74) is 0.659. The third kappa shape index (κ3) is 4.43. The van der Waals surface area contributed by atoms with Crippen LogP contribution in [0.5, 0.6) is 23.0 Å². The Kier molecular flexibility index (Phi) is 6.03. The summed E-state index contributed by atoms with van der Waals surface area (Å²) in [6, 6.07) is 11.0. The SMILES string of the molecule is COc1ccc(OCCNc2nc(Cl)nc3cc(OC)c(OC)cc23)cc1. The van der Waals surface area contributed by atoms with E-state index in [1.165, 1.54) is 0 Å². The molecule has 0 spiro atoms. The van der Waals surface area contributed by atoms with Gasteiger partial charge in [0, 0.05) is 11.5 Å². The van der Waals surface area contributed by atoms with E-state index >= 15 is 0 Å². The lowest BCUT2D eigenvalue weighted by Gasteiger charge is -2.13. The monoisotopic (exact) mass is 389 g/mol. The average Bonchev–Trinajstić information content (AvgIpc) is 2.70. The molecule has 0 atom stereocenters. The summed E-state index contributed by atoms with van der Waals surface area (Å²) in [5, 5.41) is 4.15. The molecule has 1 heterocycles. The minimum absolute atomic E-state index is 0.147. The molecule has 0 amide bonds. The molecule has 0 saturated carbocycles. The van der Waals surface area contributed by atoms with Crippen molar-refractivity contribution in [2.75, 3.05) is 39.8 Å². The van der Waals surface area contributed by atoms with Crippen molar-refractivity contribution in [3.05, 3.63) is 41.7 Å². The van der Waals surface area contributed by atoms with Crippen LogP contribution in [0.2, 0.25) is 5.28 Å². The molecule has 27 heavy (non-hydrogen) atoms. The van der Waals surface area contributed by atoms with Crippen LogP contribution in [0.15, 0.2) is 36.4 Å². The fourth-order valence-electron chi connectivity index (χ4n) is 2.57. The van der Waals surface area contributed by atoms with Gasteiger partial charge in [-0.3, -0.25) is 0 Å². The molecule has 0 fully saturated rings. The van der Waals surface area contributed by atoms with Gasteiger partial charge in [-0.2, -0.15) is 0 Å². The van der Waals surface area contributed by atoms with Crippen molar-refractivity contribution < 1.29 is 18.9 Å². The molecule has 0 aliphatic rings. The van der Waals surface area contributed by atoms with E-state index in [4.69, 9.17) is 30.5 Å². The Hall–Kier alpha value is -2.93. The highest BCUT2D eigenvalue weighted by molar-refractivity contribution is 6.28. The maximum Gasteiger partial charge on any atom is 0.224 e. The minimum Gasteiger partial charge on any atom is -0.497 e. The van der Waals surface area contributed by atoms with Crippen LogP contribution in [0.1, 0.15) is 0 Å². The molecule has 1 aromatic heterocycles. The van der Waals surface area contributed by atoms with Gasteiger partial charge >= 0.3 is 0 Å². The van der Waals surface area contributed by atoms with E-state index in [0.29, 0.717) is 36.0 Å². The second kappa shape index (κ2) is 8.64. The topological polar surface area (TPSA) is 74.7 Å². The van der Waals surface area contributed by atoms with Gasteiger partial charge in [-0.1, -0.05) is 0 Å². The van der Waals surface area contributed by atoms with E-state index in [1.807, 2.05) is 30.3 Å². The van der Waals surface area contributed by atoms with Crippen LogP contribution < -0.4 is 24.3 Å². The number of nitrogens with zero attached hydrogens (tertiary/aromatic N) is 2. The van der Waals surface area contributed by atoms with Crippen LogP contribution in [0.4, 0.5) is 5.82 Å². The first kappa shape index (κ1) is 18.8. The van der Waals surface area contributed by atoms with Gasteiger partial charge in [-0.05, 0) is 41.9 Å². The largest absolute Gasteiger partial charge is 0.497 e. The Labute approximate surface area is 162 Å². The van der Waals surface area contributed by atoms with Crippen molar-refractivity contribution in [2.45, 2.75) is 0 Å². The van der Waals surface area contributed by atoms with Crippen molar-refractivity contribution in [3.63, 3.8) is 0 Å². The number of nitrogens with one attached hydrogen (secondary N) is 1. The summed E-state index contributed by atoms with van der Waals surface area (Å²) >= 11 is 6.05. The number of methoxy groups -OCH3 is 3. The number of aromatic nitrogens is 2. The Morgan fingerprint density at radius 2 is 1.56 bits per heavy atom. The summed E-state index contributed by atoms with van der Waals surface area (Å²) in [6.07, 6.45) is 0. The first-order chi connectivity index (χ1) is 13.1. The van der Waals surface area contributed by atoms with Gasteiger partial charge in [0.15, 0.2) is 11.5 Å². The zero-order valence-electron chi connectivity index (χ0n) is 15.3. The number of benzene rings is 2. The normalized spacial score (nSPS) is 10.5.